The second-order valence-electron chi connectivity index (χ2n) is 3.47. The molecular formula is C11H19O4. The lowest BCUT2D eigenvalue weighted by atomic mass is 9.98. The van der Waals surface area contributed by atoms with E-state index in [1.807, 2.05) is 6.92 Å². The third kappa shape index (κ3) is 4.72. The molecule has 1 unspecified atom stereocenters. The first-order valence-corrected chi connectivity index (χ1v) is 5.07. The molecule has 0 rings (SSSR count). The highest BCUT2D eigenvalue weighted by Gasteiger charge is 2.18. The predicted molar refractivity (Wildman–Crippen MR) is 55.4 cm³/mol. The van der Waals surface area contributed by atoms with Gasteiger partial charge in [0.2, 0.25) is 0 Å². The van der Waals surface area contributed by atoms with Gasteiger partial charge < -0.3 is 9.47 Å². The van der Waals surface area contributed by atoms with Gasteiger partial charge in [-0.15, -0.1) is 0 Å². The Hall–Kier alpha value is -1.19. The topological polar surface area (TPSA) is 55.4 Å². The minimum Gasteiger partial charge on any atom is -0.469 e. The summed E-state index contributed by atoms with van der Waals surface area (Å²) in [6.45, 7) is 3.72. The highest BCUT2D eigenvalue weighted by molar-refractivity contribution is 5.72. The van der Waals surface area contributed by atoms with Crippen molar-refractivity contribution >= 4 is 5.97 Å². The third-order valence-electron chi connectivity index (χ3n) is 2.18. The van der Waals surface area contributed by atoms with Crippen LogP contribution >= 0.6 is 0 Å². The third-order valence-corrected chi connectivity index (χ3v) is 2.18. The Morgan fingerprint density at radius 3 is 2.27 bits per heavy atom. The molecule has 0 saturated heterocycles. The number of rotatable bonds is 6. The highest BCUT2D eigenvalue weighted by atomic mass is 16.6. The zero-order valence-electron chi connectivity index (χ0n) is 9.83. The molecule has 0 heterocycles. The number of carbonyl (C=O) groups excluding carboxylic acids is 1. The van der Waals surface area contributed by atoms with Crippen LogP contribution in [0.2, 0.25) is 0 Å². The van der Waals surface area contributed by atoms with Gasteiger partial charge in [-0.2, -0.15) is 0 Å². The van der Waals surface area contributed by atoms with Crippen molar-refractivity contribution in [2.45, 2.75) is 33.1 Å². The van der Waals surface area contributed by atoms with Crippen molar-refractivity contribution < 1.29 is 19.4 Å². The molecule has 0 aromatic carbocycles. The number of hydrogen-bond donors (Lipinski definition) is 0. The molecule has 0 spiro atoms. The minimum absolute atomic E-state index is 0.296. The maximum atomic E-state index is 11.3. The molecule has 1 atom stereocenters. The summed E-state index contributed by atoms with van der Waals surface area (Å²) in [5.74, 6) is -0.921. The van der Waals surface area contributed by atoms with E-state index in [-0.39, 0.29) is 17.8 Å². The Bertz CT molecular complexity index is 233. The summed E-state index contributed by atoms with van der Waals surface area (Å²) < 4.78 is 9.25. The molecule has 0 aromatic rings. The van der Waals surface area contributed by atoms with Crippen LogP contribution in [0.4, 0.5) is 0 Å². The minimum atomic E-state index is -0.326. The van der Waals surface area contributed by atoms with E-state index in [4.69, 9.17) is 0 Å². The van der Waals surface area contributed by atoms with E-state index in [2.05, 4.69) is 9.47 Å². The molecule has 0 amide bonds. The van der Waals surface area contributed by atoms with Gasteiger partial charge in [-0.3, -0.25) is 4.79 Å². The largest absolute Gasteiger partial charge is 0.469 e. The molecule has 0 saturated carbocycles. The fourth-order valence-corrected chi connectivity index (χ4v) is 1.39. The number of hydrogen-bond acceptors (Lipinski definition) is 3. The van der Waals surface area contributed by atoms with Crippen molar-refractivity contribution in [2.75, 3.05) is 14.2 Å². The summed E-state index contributed by atoms with van der Waals surface area (Å²) >= 11 is 0. The number of esters is 1. The van der Waals surface area contributed by atoms with Crippen LogP contribution in [0.3, 0.4) is 0 Å². The van der Waals surface area contributed by atoms with E-state index >= 15 is 0 Å². The lowest BCUT2D eigenvalue weighted by Gasteiger charge is -2.11. The molecule has 87 valence electrons. The zero-order chi connectivity index (χ0) is 11.8. The monoisotopic (exact) mass is 215 g/mol. The average Bonchev–Trinajstić information content (AvgIpc) is 2.26. The summed E-state index contributed by atoms with van der Waals surface area (Å²) in [7, 11) is 2.69. The maximum absolute atomic E-state index is 11.3. The Kier molecular flexibility index (Phi) is 6.58. The first-order chi connectivity index (χ1) is 7.06. The van der Waals surface area contributed by atoms with Gasteiger partial charge >= 0.3 is 11.9 Å². The highest BCUT2D eigenvalue weighted by Crippen LogP contribution is 2.20. The molecule has 0 fully saturated rings. The standard InChI is InChI=1S/C11H19O4/c1-5-6-9(11(13)15-4)7-8(2)10(12)14-3/h8H,5-7H2,1-4H3. The van der Waals surface area contributed by atoms with Crippen LogP contribution in [0.25, 0.3) is 0 Å². The molecule has 4 nitrogen and oxygen atoms in total. The van der Waals surface area contributed by atoms with Gasteiger partial charge in [0.1, 0.15) is 0 Å². The Morgan fingerprint density at radius 2 is 1.87 bits per heavy atom. The van der Waals surface area contributed by atoms with Crippen LogP contribution in [0.5, 0.6) is 0 Å². The van der Waals surface area contributed by atoms with Crippen molar-refractivity contribution in [3.05, 3.63) is 11.5 Å². The maximum Gasteiger partial charge on any atom is 0.329 e. The molecule has 15 heavy (non-hydrogen) atoms. The van der Waals surface area contributed by atoms with Crippen LogP contribution in [-0.2, 0) is 19.4 Å². The second kappa shape index (κ2) is 7.15. The summed E-state index contributed by atoms with van der Waals surface area (Å²) in [5.41, 5.74) is 0.651. The van der Waals surface area contributed by atoms with Crippen molar-refractivity contribution in [3.63, 3.8) is 0 Å². The van der Waals surface area contributed by atoms with Crippen LogP contribution in [0.1, 0.15) is 33.1 Å². The molecule has 4 heteroatoms. The summed E-state index contributed by atoms with van der Waals surface area (Å²) in [4.78, 5) is 11.2. The van der Waals surface area contributed by atoms with Gasteiger partial charge in [0, 0.05) is 5.57 Å². The smallest absolute Gasteiger partial charge is 0.329 e. The Morgan fingerprint density at radius 1 is 1.27 bits per heavy atom. The van der Waals surface area contributed by atoms with Crippen LogP contribution in [-0.4, -0.2) is 20.2 Å². The molecule has 1 radical (unpaired) electrons. The second-order valence-corrected chi connectivity index (χ2v) is 3.47. The van der Waals surface area contributed by atoms with E-state index in [9.17, 15) is 9.90 Å². The first-order valence-electron chi connectivity index (χ1n) is 5.07. The number of allylic oxidation sites excluding steroid dienone is 1. The fraction of sp³-hybridized carbons (Fsp3) is 0.727. The molecular weight excluding hydrogens is 196 g/mol. The quantitative estimate of drug-likeness (QED) is 0.504. The van der Waals surface area contributed by atoms with Gasteiger partial charge in [0.25, 0.3) is 0 Å². The molecule has 0 aliphatic rings. The van der Waals surface area contributed by atoms with Crippen LogP contribution in [0, 0.1) is 5.92 Å². The SMILES string of the molecule is CCCC(CC(C)C(=O)OC)=C([O])OC. The molecule has 0 aliphatic heterocycles. The van der Waals surface area contributed by atoms with E-state index in [0.29, 0.717) is 18.4 Å². The Balaban J connectivity index is 4.48. The molecule has 0 aromatic heterocycles. The van der Waals surface area contributed by atoms with E-state index in [0.717, 1.165) is 6.42 Å². The molecule has 0 N–H and O–H groups in total. The lowest BCUT2D eigenvalue weighted by molar-refractivity contribution is -0.144. The first kappa shape index (κ1) is 13.8. The number of ether oxygens (including phenoxy) is 2. The van der Waals surface area contributed by atoms with Gasteiger partial charge in [0.05, 0.1) is 20.1 Å². The van der Waals surface area contributed by atoms with Crippen molar-refractivity contribution in [1.82, 2.24) is 0 Å². The zero-order valence-corrected chi connectivity index (χ0v) is 9.83. The predicted octanol–water partition coefficient (Wildman–Crippen LogP) is 2.27. The lowest BCUT2D eigenvalue weighted by Crippen LogP contribution is -2.14. The summed E-state index contributed by atoms with van der Waals surface area (Å²) in [5, 5.41) is 11.3. The number of carbonyl (C=O) groups is 1. The van der Waals surface area contributed by atoms with Gasteiger partial charge in [-0.25, -0.2) is 5.11 Å². The van der Waals surface area contributed by atoms with E-state index in [1.165, 1.54) is 14.2 Å². The van der Waals surface area contributed by atoms with Crippen molar-refractivity contribution in [1.29, 1.82) is 0 Å². The molecule has 0 aliphatic carbocycles. The molecule has 0 bridgehead atoms. The Labute approximate surface area is 90.9 Å². The number of methoxy groups -OCH3 is 2. The summed E-state index contributed by atoms with van der Waals surface area (Å²) in [6, 6.07) is 0. The van der Waals surface area contributed by atoms with Gasteiger partial charge in [-0.05, 0) is 12.8 Å². The van der Waals surface area contributed by atoms with Gasteiger partial charge in [0.15, 0.2) is 0 Å². The van der Waals surface area contributed by atoms with Crippen molar-refractivity contribution in [2.24, 2.45) is 5.92 Å². The van der Waals surface area contributed by atoms with Crippen molar-refractivity contribution in [3.8, 4) is 0 Å². The van der Waals surface area contributed by atoms with Gasteiger partial charge in [-0.1, -0.05) is 20.3 Å². The fourth-order valence-electron chi connectivity index (χ4n) is 1.39. The summed E-state index contributed by atoms with van der Waals surface area (Å²) in [6.07, 6.45) is 1.93. The average molecular weight is 215 g/mol. The van der Waals surface area contributed by atoms with Crippen LogP contribution < -0.4 is 0 Å². The van der Waals surface area contributed by atoms with E-state index in [1.54, 1.807) is 6.92 Å². The van der Waals surface area contributed by atoms with E-state index < -0.39 is 0 Å². The van der Waals surface area contributed by atoms with Crippen LogP contribution in [0.15, 0.2) is 11.5 Å². The normalized spacial score (nSPS) is 14.1.